The Bertz CT molecular complexity index is 490. The van der Waals surface area contributed by atoms with Gasteiger partial charge in [0.25, 0.3) is 0 Å². The van der Waals surface area contributed by atoms with Gasteiger partial charge in [0.1, 0.15) is 6.10 Å². The summed E-state index contributed by atoms with van der Waals surface area (Å²) in [4.78, 5) is 16.5. The van der Waals surface area contributed by atoms with Gasteiger partial charge in [-0.1, -0.05) is 12.5 Å². The molecule has 5 heteroatoms. The van der Waals surface area contributed by atoms with Gasteiger partial charge in [-0.15, -0.1) is 0 Å². The molecule has 1 aliphatic heterocycles. The zero-order valence-electron chi connectivity index (χ0n) is 13.6. The third-order valence-corrected chi connectivity index (χ3v) is 4.76. The molecule has 2 aliphatic rings. The van der Waals surface area contributed by atoms with Crippen molar-refractivity contribution in [3.8, 4) is 0 Å². The molecule has 1 saturated carbocycles. The monoisotopic (exact) mass is 318 g/mol. The number of carbonyl (C=O) groups is 1. The number of carbonyl (C=O) groups excluding carboxylic acids is 1. The van der Waals surface area contributed by atoms with E-state index < -0.39 is 0 Å². The van der Waals surface area contributed by atoms with Crippen molar-refractivity contribution in [1.82, 2.24) is 10.3 Å². The summed E-state index contributed by atoms with van der Waals surface area (Å²) in [5.41, 5.74) is 0.951. The van der Waals surface area contributed by atoms with Crippen LogP contribution in [-0.4, -0.2) is 42.9 Å². The third-order valence-electron chi connectivity index (χ3n) is 4.76. The van der Waals surface area contributed by atoms with E-state index in [0.29, 0.717) is 32.0 Å². The van der Waals surface area contributed by atoms with Gasteiger partial charge in [-0.25, -0.2) is 0 Å². The fraction of sp³-hybridized carbons (Fsp3) is 0.667. The van der Waals surface area contributed by atoms with Gasteiger partial charge in [-0.05, 0) is 43.7 Å². The lowest BCUT2D eigenvalue weighted by molar-refractivity contribution is -0.127. The lowest BCUT2D eigenvalue weighted by Gasteiger charge is -2.34. The van der Waals surface area contributed by atoms with Crippen LogP contribution in [0, 0.1) is 5.92 Å². The summed E-state index contributed by atoms with van der Waals surface area (Å²) in [5.74, 6) is 0.775. The van der Waals surface area contributed by atoms with E-state index in [0.717, 1.165) is 18.7 Å². The van der Waals surface area contributed by atoms with E-state index in [9.17, 15) is 4.79 Å². The Morgan fingerprint density at radius 2 is 2.26 bits per heavy atom. The van der Waals surface area contributed by atoms with E-state index in [4.69, 9.17) is 9.47 Å². The molecule has 2 heterocycles. The Morgan fingerprint density at radius 1 is 1.35 bits per heavy atom. The van der Waals surface area contributed by atoms with E-state index in [1.54, 1.807) is 6.20 Å². The summed E-state index contributed by atoms with van der Waals surface area (Å²) >= 11 is 0. The maximum absolute atomic E-state index is 12.2. The van der Waals surface area contributed by atoms with Crippen molar-refractivity contribution in [3.05, 3.63) is 30.1 Å². The zero-order valence-corrected chi connectivity index (χ0v) is 13.6. The highest BCUT2D eigenvalue weighted by Gasteiger charge is 2.29. The molecule has 0 radical (unpaired) electrons. The Kier molecular flexibility index (Phi) is 6.00. The normalized spacial score (nSPS) is 24.9. The molecule has 126 valence electrons. The molecule has 2 atom stereocenters. The molecule has 1 aromatic heterocycles. The number of aryl methyl sites for hydroxylation is 1. The van der Waals surface area contributed by atoms with Crippen molar-refractivity contribution in [1.29, 1.82) is 0 Å². The number of pyridine rings is 1. The Hall–Kier alpha value is -1.46. The maximum atomic E-state index is 12.2. The second-order valence-corrected chi connectivity index (χ2v) is 6.53. The number of aromatic nitrogens is 1. The first-order valence-corrected chi connectivity index (χ1v) is 8.70. The first kappa shape index (κ1) is 16.4. The quantitative estimate of drug-likeness (QED) is 0.836. The first-order valence-electron chi connectivity index (χ1n) is 8.70. The van der Waals surface area contributed by atoms with E-state index in [-0.39, 0.29) is 18.1 Å². The Labute approximate surface area is 137 Å². The van der Waals surface area contributed by atoms with Crippen LogP contribution in [0.3, 0.4) is 0 Å². The van der Waals surface area contributed by atoms with Crippen LogP contribution in [0.4, 0.5) is 0 Å². The molecule has 0 spiro atoms. The molecule has 1 amide bonds. The van der Waals surface area contributed by atoms with Crippen molar-refractivity contribution in [2.24, 2.45) is 5.92 Å². The Balaban J connectivity index is 1.42. The molecule has 0 bridgehead atoms. The lowest BCUT2D eigenvalue weighted by atomic mass is 9.86. The van der Waals surface area contributed by atoms with Gasteiger partial charge < -0.3 is 14.8 Å². The molecule has 1 aromatic rings. The minimum atomic E-state index is -0.0110. The molecule has 1 aliphatic carbocycles. The van der Waals surface area contributed by atoms with Gasteiger partial charge in [0, 0.05) is 31.5 Å². The summed E-state index contributed by atoms with van der Waals surface area (Å²) in [5, 5.41) is 3.13. The van der Waals surface area contributed by atoms with E-state index in [1.807, 2.05) is 18.2 Å². The van der Waals surface area contributed by atoms with Crippen LogP contribution in [0.5, 0.6) is 0 Å². The number of amides is 1. The van der Waals surface area contributed by atoms with E-state index >= 15 is 0 Å². The summed E-state index contributed by atoms with van der Waals surface area (Å²) in [6.07, 6.45) is 7.57. The number of nitrogens with one attached hydrogen (secondary N) is 1. The van der Waals surface area contributed by atoms with Gasteiger partial charge in [0.05, 0.1) is 12.6 Å². The molecular formula is C18H26N2O3. The number of ether oxygens (including phenoxy) is 2. The van der Waals surface area contributed by atoms with E-state index in [1.165, 1.54) is 19.3 Å². The van der Waals surface area contributed by atoms with Crippen LogP contribution < -0.4 is 5.32 Å². The smallest absolute Gasteiger partial charge is 0.220 e. The molecule has 0 unspecified atom stereocenters. The molecular weight excluding hydrogens is 292 g/mol. The van der Waals surface area contributed by atoms with Gasteiger partial charge >= 0.3 is 0 Å². The van der Waals surface area contributed by atoms with Crippen molar-refractivity contribution in [3.63, 3.8) is 0 Å². The average molecular weight is 318 g/mol. The largest absolute Gasteiger partial charge is 0.379 e. The molecule has 2 fully saturated rings. The summed E-state index contributed by atoms with van der Waals surface area (Å²) in [6.45, 7) is 2.07. The average Bonchev–Trinajstić information content (AvgIpc) is 2.54. The second kappa shape index (κ2) is 8.41. The van der Waals surface area contributed by atoms with Crippen molar-refractivity contribution in [2.75, 3.05) is 19.8 Å². The van der Waals surface area contributed by atoms with Gasteiger partial charge in [0.15, 0.2) is 0 Å². The van der Waals surface area contributed by atoms with Gasteiger partial charge in [0.2, 0.25) is 5.91 Å². The lowest BCUT2D eigenvalue weighted by Crippen LogP contribution is -2.50. The summed E-state index contributed by atoms with van der Waals surface area (Å²) < 4.78 is 11.5. The minimum Gasteiger partial charge on any atom is -0.379 e. The van der Waals surface area contributed by atoms with Crippen LogP contribution in [0.15, 0.2) is 24.4 Å². The minimum absolute atomic E-state index is 0.0110. The van der Waals surface area contributed by atoms with Crippen LogP contribution in [0.2, 0.25) is 0 Å². The molecule has 5 nitrogen and oxygen atoms in total. The highest BCUT2D eigenvalue weighted by atomic mass is 16.5. The summed E-state index contributed by atoms with van der Waals surface area (Å²) in [6, 6.07) is 5.85. The fourth-order valence-corrected chi connectivity index (χ4v) is 3.03. The zero-order chi connectivity index (χ0) is 15.9. The molecule has 0 aromatic carbocycles. The molecule has 3 rings (SSSR count). The second-order valence-electron chi connectivity index (χ2n) is 6.53. The van der Waals surface area contributed by atoms with Crippen LogP contribution in [-0.2, 0) is 20.7 Å². The molecule has 1 saturated heterocycles. The number of hydrogen-bond acceptors (Lipinski definition) is 4. The van der Waals surface area contributed by atoms with Gasteiger partial charge in [-0.2, -0.15) is 0 Å². The molecule has 1 N–H and O–H groups in total. The number of hydrogen-bond donors (Lipinski definition) is 1. The van der Waals surface area contributed by atoms with Crippen LogP contribution in [0.1, 0.15) is 37.8 Å². The van der Waals surface area contributed by atoms with Crippen LogP contribution >= 0.6 is 0 Å². The maximum Gasteiger partial charge on any atom is 0.220 e. The van der Waals surface area contributed by atoms with Gasteiger partial charge in [-0.3, -0.25) is 9.78 Å². The first-order chi connectivity index (χ1) is 11.3. The Morgan fingerprint density at radius 3 is 3.00 bits per heavy atom. The van der Waals surface area contributed by atoms with Crippen molar-refractivity contribution in [2.45, 2.75) is 50.7 Å². The number of rotatable bonds is 7. The standard InChI is InChI=1S/C18H26N2O3/c21-18(8-7-15-6-1-2-10-19-15)20-16-9-11-22-13-17(16)23-12-14-4-3-5-14/h1-2,6,10,14,16-17H,3-5,7-9,11-13H2,(H,20,21)/t16-,17-/m1/s1. The molecule has 23 heavy (non-hydrogen) atoms. The van der Waals surface area contributed by atoms with Crippen molar-refractivity contribution >= 4 is 5.91 Å². The predicted octanol–water partition coefficient (Wildman–Crippen LogP) is 2.10. The topological polar surface area (TPSA) is 60.5 Å². The van der Waals surface area contributed by atoms with Crippen molar-refractivity contribution < 1.29 is 14.3 Å². The highest BCUT2D eigenvalue weighted by molar-refractivity contribution is 5.76. The SMILES string of the molecule is O=C(CCc1ccccn1)N[C@@H]1CCOC[C@H]1OCC1CCC1. The predicted molar refractivity (Wildman–Crippen MR) is 87.0 cm³/mol. The fourth-order valence-electron chi connectivity index (χ4n) is 3.03. The van der Waals surface area contributed by atoms with E-state index in [2.05, 4.69) is 10.3 Å². The highest BCUT2D eigenvalue weighted by Crippen LogP contribution is 2.27. The third kappa shape index (κ3) is 5.01. The van der Waals surface area contributed by atoms with Crippen LogP contribution in [0.25, 0.3) is 0 Å². The number of nitrogens with zero attached hydrogens (tertiary/aromatic N) is 1. The summed E-state index contributed by atoms with van der Waals surface area (Å²) in [7, 11) is 0.